The van der Waals surface area contributed by atoms with E-state index in [0.29, 0.717) is 17.1 Å². The maximum Gasteiger partial charge on any atom is 0.261 e. The van der Waals surface area contributed by atoms with Crippen LogP contribution < -0.4 is 5.32 Å². The largest absolute Gasteiger partial charge is 0.375 e. The fourth-order valence-corrected chi connectivity index (χ4v) is 2.10. The van der Waals surface area contributed by atoms with Gasteiger partial charge in [-0.05, 0) is 11.3 Å². The first-order chi connectivity index (χ1) is 8.59. The van der Waals surface area contributed by atoms with Crippen molar-refractivity contribution in [3.8, 4) is 0 Å². The monoisotopic (exact) mass is 245 g/mol. The zero-order chi connectivity index (χ0) is 12.8. The van der Waals surface area contributed by atoms with Crippen LogP contribution in [0.25, 0.3) is 0 Å². The molecule has 1 atom stereocenters. The number of benzene rings is 1. The Hall–Kier alpha value is -2.28. The number of para-hydroxylation sites is 1. The van der Waals surface area contributed by atoms with Crippen molar-refractivity contribution in [1.29, 1.82) is 0 Å². The summed E-state index contributed by atoms with van der Waals surface area (Å²) in [6.07, 6.45) is 0.00366. The van der Waals surface area contributed by atoms with E-state index in [0.717, 1.165) is 0 Å². The topological polar surface area (TPSA) is 92.9 Å². The Balaban J connectivity index is 2.01. The summed E-state index contributed by atoms with van der Waals surface area (Å²) in [7, 11) is 1.63. The van der Waals surface area contributed by atoms with Crippen molar-refractivity contribution >= 4 is 11.6 Å². The summed E-state index contributed by atoms with van der Waals surface area (Å²) in [4.78, 5) is 13.2. The average molecular weight is 245 g/mol. The molecule has 0 saturated carbocycles. The van der Waals surface area contributed by atoms with E-state index in [4.69, 9.17) is 0 Å². The Labute approximate surface area is 102 Å². The zero-order valence-electron chi connectivity index (χ0n) is 9.66. The minimum Gasteiger partial charge on any atom is -0.375 e. The second-order valence-electron chi connectivity index (χ2n) is 4.23. The normalized spacial score (nSPS) is 21.8. The van der Waals surface area contributed by atoms with Gasteiger partial charge in [0.2, 0.25) is 0 Å². The number of hydrogen-bond acceptors (Lipinski definition) is 5. The standard InChI is InChI=1S/C11H11N5O2/c1-16-14-9(13-15-16)6-11(18)7-4-2-3-5-8(7)12-10(11)17/h2-5,18H,6H2,1H3,(H,12,17). The number of tetrazole rings is 1. The second-order valence-corrected chi connectivity index (χ2v) is 4.23. The van der Waals surface area contributed by atoms with Crippen molar-refractivity contribution in [3.63, 3.8) is 0 Å². The number of aryl methyl sites for hydroxylation is 1. The van der Waals surface area contributed by atoms with Gasteiger partial charge in [0.05, 0.1) is 13.5 Å². The van der Waals surface area contributed by atoms with Gasteiger partial charge in [0, 0.05) is 11.3 Å². The Bertz CT molecular complexity index is 623. The lowest BCUT2D eigenvalue weighted by atomic mass is 9.92. The van der Waals surface area contributed by atoms with Gasteiger partial charge in [0.25, 0.3) is 5.91 Å². The van der Waals surface area contributed by atoms with Crippen LogP contribution >= 0.6 is 0 Å². The first kappa shape index (κ1) is 10.8. The van der Waals surface area contributed by atoms with Gasteiger partial charge >= 0.3 is 0 Å². The highest BCUT2D eigenvalue weighted by Gasteiger charge is 2.46. The van der Waals surface area contributed by atoms with Crippen LogP contribution in [0.3, 0.4) is 0 Å². The summed E-state index contributed by atoms with van der Waals surface area (Å²) in [5.74, 6) is -0.136. The van der Waals surface area contributed by atoms with E-state index in [2.05, 4.69) is 20.7 Å². The summed E-state index contributed by atoms with van der Waals surface area (Å²) < 4.78 is 0. The Kier molecular flexibility index (Phi) is 2.17. The lowest BCUT2D eigenvalue weighted by Crippen LogP contribution is -2.36. The van der Waals surface area contributed by atoms with Crippen molar-refractivity contribution in [2.75, 3.05) is 5.32 Å². The minimum absolute atomic E-state index is 0.00366. The van der Waals surface area contributed by atoms with Gasteiger partial charge in [-0.2, -0.15) is 4.80 Å². The van der Waals surface area contributed by atoms with E-state index in [-0.39, 0.29) is 6.42 Å². The number of amides is 1. The van der Waals surface area contributed by atoms with Gasteiger partial charge in [-0.15, -0.1) is 10.2 Å². The van der Waals surface area contributed by atoms with Crippen LogP contribution in [-0.2, 0) is 23.9 Å². The van der Waals surface area contributed by atoms with E-state index in [1.54, 1.807) is 31.3 Å². The first-order valence-corrected chi connectivity index (χ1v) is 5.46. The van der Waals surface area contributed by atoms with Gasteiger partial charge in [-0.1, -0.05) is 18.2 Å². The van der Waals surface area contributed by atoms with E-state index >= 15 is 0 Å². The van der Waals surface area contributed by atoms with Crippen molar-refractivity contribution in [1.82, 2.24) is 20.2 Å². The van der Waals surface area contributed by atoms with E-state index in [9.17, 15) is 9.90 Å². The van der Waals surface area contributed by atoms with Crippen LogP contribution in [0.1, 0.15) is 11.4 Å². The third kappa shape index (κ3) is 1.48. The average Bonchev–Trinajstić information content (AvgIpc) is 2.84. The summed E-state index contributed by atoms with van der Waals surface area (Å²) in [6.45, 7) is 0. The fraction of sp³-hybridized carbons (Fsp3) is 0.273. The number of rotatable bonds is 2. The Morgan fingerprint density at radius 3 is 2.94 bits per heavy atom. The maximum absolute atomic E-state index is 11.9. The lowest BCUT2D eigenvalue weighted by Gasteiger charge is -2.18. The first-order valence-electron chi connectivity index (χ1n) is 5.46. The quantitative estimate of drug-likeness (QED) is 0.750. The van der Waals surface area contributed by atoms with Gasteiger partial charge in [0.15, 0.2) is 11.4 Å². The molecule has 7 nitrogen and oxygen atoms in total. The molecule has 7 heteroatoms. The number of anilines is 1. The molecule has 1 unspecified atom stereocenters. The summed E-state index contributed by atoms with van der Waals surface area (Å²) in [5.41, 5.74) is -0.462. The predicted molar refractivity (Wildman–Crippen MR) is 61.5 cm³/mol. The molecule has 0 aliphatic carbocycles. The predicted octanol–water partition coefficient (Wildman–Crippen LogP) is -0.408. The highest BCUT2D eigenvalue weighted by molar-refractivity contribution is 6.04. The summed E-state index contributed by atoms with van der Waals surface area (Å²) in [5, 5.41) is 24.6. The van der Waals surface area contributed by atoms with Crippen LogP contribution in [0.4, 0.5) is 5.69 Å². The third-order valence-corrected chi connectivity index (χ3v) is 2.96. The number of nitrogens with one attached hydrogen (secondary N) is 1. The molecule has 2 aromatic rings. The molecule has 0 fully saturated rings. The minimum atomic E-state index is -1.63. The number of hydrogen-bond donors (Lipinski definition) is 2. The number of carbonyl (C=O) groups excluding carboxylic acids is 1. The van der Waals surface area contributed by atoms with Crippen molar-refractivity contribution in [2.24, 2.45) is 7.05 Å². The molecule has 0 bridgehead atoms. The van der Waals surface area contributed by atoms with Crippen molar-refractivity contribution < 1.29 is 9.90 Å². The second kappa shape index (κ2) is 3.61. The van der Waals surface area contributed by atoms with Crippen molar-refractivity contribution in [3.05, 3.63) is 35.7 Å². The molecule has 1 aromatic heterocycles. The molecule has 1 aliphatic heterocycles. The van der Waals surface area contributed by atoms with Crippen LogP contribution in [0.15, 0.2) is 24.3 Å². The third-order valence-electron chi connectivity index (χ3n) is 2.96. The number of aromatic nitrogens is 4. The number of aliphatic hydroxyl groups is 1. The van der Waals surface area contributed by atoms with Crippen molar-refractivity contribution in [2.45, 2.75) is 12.0 Å². The number of fused-ring (bicyclic) bond motifs is 1. The van der Waals surface area contributed by atoms with Crippen LogP contribution in [0.5, 0.6) is 0 Å². The molecule has 3 rings (SSSR count). The van der Waals surface area contributed by atoms with E-state index < -0.39 is 11.5 Å². The van der Waals surface area contributed by atoms with Crippen LogP contribution in [-0.4, -0.2) is 31.2 Å². The molecule has 0 radical (unpaired) electrons. The molecular weight excluding hydrogens is 234 g/mol. The van der Waals surface area contributed by atoms with Gasteiger partial charge in [-0.25, -0.2) is 0 Å². The number of carbonyl (C=O) groups is 1. The molecular formula is C11H11N5O2. The SMILES string of the molecule is Cn1nnc(CC2(O)C(=O)Nc3ccccc32)n1. The van der Waals surface area contributed by atoms with E-state index in [1.165, 1.54) is 4.80 Å². The highest BCUT2D eigenvalue weighted by atomic mass is 16.3. The molecule has 2 heterocycles. The van der Waals surface area contributed by atoms with E-state index in [1.807, 2.05) is 0 Å². The van der Waals surface area contributed by atoms with Crippen LogP contribution in [0, 0.1) is 0 Å². The highest BCUT2D eigenvalue weighted by Crippen LogP contribution is 2.37. The smallest absolute Gasteiger partial charge is 0.261 e. The van der Waals surface area contributed by atoms with Crippen LogP contribution in [0.2, 0.25) is 0 Å². The molecule has 1 aromatic carbocycles. The molecule has 1 amide bonds. The summed E-state index contributed by atoms with van der Waals surface area (Å²) >= 11 is 0. The van der Waals surface area contributed by atoms with Gasteiger partial charge < -0.3 is 10.4 Å². The molecule has 1 aliphatic rings. The van der Waals surface area contributed by atoms with Gasteiger partial charge in [0.1, 0.15) is 0 Å². The lowest BCUT2D eigenvalue weighted by molar-refractivity contribution is -0.133. The van der Waals surface area contributed by atoms with Gasteiger partial charge in [-0.3, -0.25) is 4.79 Å². The Morgan fingerprint density at radius 1 is 1.44 bits per heavy atom. The number of nitrogens with zero attached hydrogens (tertiary/aromatic N) is 4. The molecule has 0 spiro atoms. The fourth-order valence-electron chi connectivity index (χ4n) is 2.10. The molecule has 92 valence electrons. The maximum atomic E-state index is 11.9. The molecule has 2 N–H and O–H groups in total. The zero-order valence-corrected chi connectivity index (χ0v) is 9.66. The molecule has 0 saturated heterocycles. The summed E-state index contributed by atoms with van der Waals surface area (Å²) in [6, 6.07) is 7.03. The Morgan fingerprint density at radius 2 is 2.22 bits per heavy atom. The molecule has 18 heavy (non-hydrogen) atoms.